The van der Waals surface area contributed by atoms with Gasteiger partial charge < -0.3 is 4.90 Å². The molecule has 0 bridgehead atoms. The predicted octanol–water partition coefficient (Wildman–Crippen LogP) is 4.46. The highest BCUT2D eigenvalue weighted by Gasteiger charge is 2.26. The Morgan fingerprint density at radius 1 is 0.875 bits per heavy atom. The lowest BCUT2D eigenvalue weighted by Crippen LogP contribution is -2.48. The molecule has 2 aromatic rings. The molecular formula is C19H23ClN2S2. The van der Waals surface area contributed by atoms with Crippen molar-refractivity contribution in [1.82, 2.24) is 9.80 Å². The third kappa shape index (κ3) is 4.51. The van der Waals surface area contributed by atoms with Gasteiger partial charge in [-0.1, -0.05) is 72.9 Å². The normalized spacial score (nSPS) is 15.2. The predicted molar refractivity (Wildman–Crippen MR) is 111 cm³/mol. The minimum atomic E-state index is 0. The van der Waals surface area contributed by atoms with Crippen molar-refractivity contribution in [2.75, 3.05) is 32.4 Å². The first-order valence-electron chi connectivity index (χ1n) is 7.96. The topological polar surface area (TPSA) is 6.48 Å². The van der Waals surface area contributed by atoms with Gasteiger partial charge >= 0.3 is 0 Å². The van der Waals surface area contributed by atoms with Gasteiger partial charge in [0.15, 0.2) is 0 Å². The van der Waals surface area contributed by atoms with Crippen LogP contribution in [0.4, 0.5) is 0 Å². The van der Waals surface area contributed by atoms with Gasteiger partial charge in [-0.25, -0.2) is 0 Å². The molecule has 2 aromatic carbocycles. The number of hydrogen-bond donors (Lipinski definition) is 0. The maximum atomic E-state index is 5.44. The van der Waals surface area contributed by atoms with Gasteiger partial charge in [-0.2, -0.15) is 0 Å². The lowest BCUT2D eigenvalue weighted by molar-refractivity contribution is 0.153. The first-order chi connectivity index (χ1) is 11.3. The van der Waals surface area contributed by atoms with Crippen molar-refractivity contribution >= 4 is 40.7 Å². The summed E-state index contributed by atoms with van der Waals surface area (Å²) in [5.74, 6) is 0. The second-order valence-electron chi connectivity index (χ2n) is 5.72. The van der Waals surface area contributed by atoms with E-state index in [4.69, 9.17) is 12.2 Å². The molecule has 1 fully saturated rings. The van der Waals surface area contributed by atoms with Crippen LogP contribution in [-0.2, 0) is 0 Å². The van der Waals surface area contributed by atoms with Gasteiger partial charge in [-0.05, 0) is 17.4 Å². The standard InChI is InChI=1S/C19H22N2S2.ClH/c1-23-19(22)21-14-12-20(13-15-21)18(16-8-4-2-5-9-16)17-10-6-3-7-11-17;/h2-11,18H,12-15H2,1H3;1H. The molecule has 0 atom stereocenters. The zero-order valence-corrected chi connectivity index (χ0v) is 16.2. The van der Waals surface area contributed by atoms with Crippen LogP contribution in [0.1, 0.15) is 17.2 Å². The third-order valence-corrected chi connectivity index (χ3v) is 5.71. The molecule has 0 radical (unpaired) electrons. The van der Waals surface area contributed by atoms with Crippen LogP contribution < -0.4 is 0 Å². The highest BCUT2D eigenvalue weighted by Crippen LogP contribution is 2.29. The summed E-state index contributed by atoms with van der Waals surface area (Å²) in [4.78, 5) is 4.90. The molecule has 1 heterocycles. The summed E-state index contributed by atoms with van der Waals surface area (Å²) in [6.45, 7) is 4.09. The molecule has 1 aliphatic heterocycles. The van der Waals surface area contributed by atoms with Gasteiger partial charge in [0, 0.05) is 26.2 Å². The van der Waals surface area contributed by atoms with Crippen LogP contribution in [0.2, 0.25) is 0 Å². The molecule has 128 valence electrons. The van der Waals surface area contributed by atoms with Crippen molar-refractivity contribution in [3.05, 3.63) is 71.8 Å². The molecule has 0 saturated carbocycles. The van der Waals surface area contributed by atoms with Crippen molar-refractivity contribution in [2.45, 2.75) is 6.04 Å². The summed E-state index contributed by atoms with van der Waals surface area (Å²) in [5.41, 5.74) is 2.72. The molecule has 1 saturated heterocycles. The Bertz CT molecular complexity index is 589. The molecule has 2 nitrogen and oxygen atoms in total. The number of rotatable bonds is 3. The van der Waals surface area contributed by atoms with Crippen LogP contribution in [0.25, 0.3) is 0 Å². The summed E-state index contributed by atoms with van der Waals surface area (Å²) >= 11 is 7.11. The number of piperazine rings is 1. The zero-order chi connectivity index (χ0) is 16.1. The van der Waals surface area contributed by atoms with E-state index < -0.39 is 0 Å². The van der Waals surface area contributed by atoms with Crippen molar-refractivity contribution in [1.29, 1.82) is 0 Å². The van der Waals surface area contributed by atoms with Crippen molar-refractivity contribution in [3.63, 3.8) is 0 Å². The second-order valence-corrected chi connectivity index (χ2v) is 7.16. The molecular weight excluding hydrogens is 356 g/mol. The zero-order valence-electron chi connectivity index (χ0n) is 13.8. The number of thiocarbonyl (C=S) groups is 1. The van der Waals surface area contributed by atoms with E-state index in [1.54, 1.807) is 11.8 Å². The Balaban J connectivity index is 0.00000208. The monoisotopic (exact) mass is 378 g/mol. The van der Waals surface area contributed by atoms with Crippen LogP contribution in [0, 0.1) is 0 Å². The van der Waals surface area contributed by atoms with Gasteiger partial charge in [-0.3, -0.25) is 4.90 Å². The van der Waals surface area contributed by atoms with E-state index in [0.29, 0.717) is 6.04 Å². The minimum absolute atomic E-state index is 0. The van der Waals surface area contributed by atoms with Crippen molar-refractivity contribution in [3.8, 4) is 0 Å². The Hall–Kier alpha value is -1.07. The lowest BCUT2D eigenvalue weighted by atomic mass is 9.96. The number of hydrogen-bond acceptors (Lipinski definition) is 3. The first-order valence-corrected chi connectivity index (χ1v) is 9.59. The molecule has 0 unspecified atom stereocenters. The van der Waals surface area contributed by atoms with Crippen molar-refractivity contribution in [2.24, 2.45) is 0 Å². The van der Waals surface area contributed by atoms with E-state index in [9.17, 15) is 0 Å². The smallest absolute Gasteiger partial charge is 0.136 e. The Kier molecular flexibility index (Phi) is 7.56. The van der Waals surface area contributed by atoms with Crippen LogP contribution >= 0.6 is 36.4 Å². The second kappa shape index (κ2) is 9.42. The molecule has 0 aromatic heterocycles. The first kappa shape index (κ1) is 19.3. The van der Waals surface area contributed by atoms with E-state index in [0.717, 1.165) is 30.5 Å². The number of halogens is 1. The molecule has 24 heavy (non-hydrogen) atoms. The van der Waals surface area contributed by atoms with Gasteiger partial charge in [-0.15, -0.1) is 24.2 Å². The quantitative estimate of drug-likeness (QED) is 0.727. The summed E-state index contributed by atoms with van der Waals surface area (Å²) in [6, 6.07) is 21.9. The Labute approximate surface area is 160 Å². The maximum absolute atomic E-state index is 5.44. The summed E-state index contributed by atoms with van der Waals surface area (Å²) in [7, 11) is 0. The summed E-state index contributed by atoms with van der Waals surface area (Å²) < 4.78 is 1.01. The van der Waals surface area contributed by atoms with Crippen LogP contribution in [-0.4, -0.2) is 46.6 Å². The maximum Gasteiger partial charge on any atom is 0.136 e. The average Bonchev–Trinajstić information content (AvgIpc) is 2.64. The van der Waals surface area contributed by atoms with E-state index in [1.165, 1.54) is 11.1 Å². The van der Waals surface area contributed by atoms with E-state index in [2.05, 4.69) is 76.7 Å². The molecule has 0 aliphatic carbocycles. The molecule has 0 spiro atoms. The summed E-state index contributed by atoms with van der Waals surface area (Å²) in [5, 5.41) is 0. The number of benzene rings is 2. The number of nitrogens with zero attached hydrogens (tertiary/aromatic N) is 2. The minimum Gasteiger partial charge on any atom is -0.355 e. The fourth-order valence-electron chi connectivity index (χ4n) is 3.18. The lowest BCUT2D eigenvalue weighted by Gasteiger charge is -2.40. The molecule has 0 N–H and O–H groups in total. The number of thioether (sulfide) groups is 1. The van der Waals surface area contributed by atoms with E-state index in [-0.39, 0.29) is 12.4 Å². The van der Waals surface area contributed by atoms with Crippen molar-refractivity contribution < 1.29 is 0 Å². The molecule has 0 amide bonds. The Morgan fingerprint density at radius 2 is 1.33 bits per heavy atom. The van der Waals surface area contributed by atoms with Gasteiger partial charge in [0.25, 0.3) is 0 Å². The van der Waals surface area contributed by atoms with Crippen LogP contribution in [0.3, 0.4) is 0 Å². The largest absolute Gasteiger partial charge is 0.355 e. The highest BCUT2D eigenvalue weighted by atomic mass is 35.5. The fourth-order valence-corrected chi connectivity index (χ4v) is 3.80. The Morgan fingerprint density at radius 3 is 1.75 bits per heavy atom. The van der Waals surface area contributed by atoms with Gasteiger partial charge in [0.2, 0.25) is 0 Å². The highest BCUT2D eigenvalue weighted by molar-refractivity contribution is 8.22. The van der Waals surface area contributed by atoms with Gasteiger partial charge in [0.05, 0.1) is 6.04 Å². The van der Waals surface area contributed by atoms with Crippen LogP contribution in [0.15, 0.2) is 60.7 Å². The summed E-state index contributed by atoms with van der Waals surface area (Å²) in [6.07, 6.45) is 2.06. The average molecular weight is 379 g/mol. The molecule has 1 aliphatic rings. The third-order valence-electron chi connectivity index (χ3n) is 4.34. The SMILES string of the molecule is CSC(=S)N1CCN(C(c2ccccc2)c2ccccc2)CC1.Cl. The fraction of sp³-hybridized carbons (Fsp3) is 0.316. The molecule has 5 heteroatoms. The molecule has 3 rings (SSSR count). The van der Waals surface area contributed by atoms with E-state index in [1.807, 2.05) is 0 Å². The van der Waals surface area contributed by atoms with Gasteiger partial charge in [0.1, 0.15) is 4.32 Å². The van der Waals surface area contributed by atoms with Crippen LogP contribution in [0.5, 0.6) is 0 Å². The van der Waals surface area contributed by atoms with E-state index >= 15 is 0 Å².